The Morgan fingerprint density at radius 2 is 1.90 bits per heavy atom. The maximum absolute atomic E-state index is 12.8. The van der Waals surface area contributed by atoms with Crippen LogP contribution < -0.4 is 15.5 Å². The number of aromatic nitrogens is 1. The van der Waals surface area contributed by atoms with Crippen LogP contribution in [0.1, 0.15) is 35.3 Å². The number of nitrogens with one attached hydrogen (secondary N) is 2. The molecule has 0 aliphatic carbocycles. The van der Waals surface area contributed by atoms with Crippen molar-refractivity contribution < 1.29 is 4.79 Å². The predicted octanol–water partition coefficient (Wildman–Crippen LogP) is 5.10. The minimum Gasteiger partial charge on any atom is -0.372 e. The fraction of sp³-hybridized carbons (Fsp3) is 0.208. The van der Waals surface area contributed by atoms with Gasteiger partial charge >= 0.3 is 0 Å². The van der Waals surface area contributed by atoms with Gasteiger partial charge in [0, 0.05) is 41.9 Å². The van der Waals surface area contributed by atoms with Crippen LogP contribution in [-0.2, 0) is 0 Å². The molecule has 1 aromatic heterocycles. The molecule has 152 valence electrons. The summed E-state index contributed by atoms with van der Waals surface area (Å²) in [6.07, 6.45) is 1.59. The van der Waals surface area contributed by atoms with Crippen molar-refractivity contribution in [2.45, 2.75) is 20.8 Å². The van der Waals surface area contributed by atoms with Crippen LogP contribution in [-0.4, -0.2) is 24.0 Å². The molecule has 0 unspecified atom stereocenters. The summed E-state index contributed by atoms with van der Waals surface area (Å²) in [5.41, 5.74) is 4.72. The van der Waals surface area contributed by atoms with Crippen LogP contribution in [0.3, 0.4) is 0 Å². The number of amides is 1. The summed E-state index contributed by atoms with van der Waals surface area (Å²) in [6, 6.07) is 18.6. The van der Waals surface area contributed by atoms with E-state index in [1.54, 1.807) is 36.5 Å². The largest absolute Gasteiger partial charge is 0.372 e. The number of nitrogens with zero attached hydrogens (tertiary/aromatic N) is 3. The van der Waals surface area contributed by atoms with E-state index in [1.807, 2.05) is 25.1 Å². The van der Waals surface area contributed by atoms with Crippen LogP contribution in [0.5, 0.6) is 0 Å². The summed E-state index contributed by atoms with van der Waals surface area (Å²) in [5, 5.41) is 15.2. The van der Waals surface area contributed by atoms with Crippen molar-refractivity contribution in [3.05, 3.63) is 77.5 Å². The fourth-order valence-corrected chi connectivity index (χ4v) is 3.22. The zero-order chi connectivity index (χ0) is 21.5. The lowest BCUT2D eigenvalue weighted by Gasteiger charge is -2.22. The Kier molecular flexibility index (Phi) is 6.66. The van der Waals surface area contributed by atoms with Crippen LogP contribution in [0, 0.1) is 18.3 Å². The molecular weight excluding hydrogens is 374 g/mol. The molecule has 6 nitrogen and oxygen atoms in total. The number of aryl methyl sites for hydroxylation is 1. The number of carbonyl (C=O) groups is 1. The first-order valence-corrected chi connectivity index (χ1v) is 9.94. The maximum Gasteiger partial charge on any atom is 0.255 e. The number of nitriles is 1. The summed E-state index contributed by atoms with van der Waals surface area (Å²) < 4.78 is 0. The molecule has 2 aromatic carbocycles. The van der Waals surface area contributed by atoms with E-state index in [4.69, 9.17) is 5.26 Å². The summed E-state index contributed by atoms with van der Waals surface area (Å²) in [4.78, 5) is 19.3. The molecule has 0 spiro atoms. The highest BCUT2D eigenvalue weighted by Crippen LogP contribution is 2.24. The van der Waals surface area contributed by atoms with Crippen molar-refractivity contribution in [3.63, 3.8) is 0 Å². The van der Waals surface area contributed by atoms with Gasteiger partial charge in [-0.1, -0.05) is 6.07 Å². The Bertz CT molecular complexity index is 1080. The molecule has 2 N–H and O–H groups in total. The Morgan fingerprint density at radius 1 is 1.10 bits per heavy atom. The van der Waals surface area contributed by atoms with Gasteiger partial charge in [0.2, 0.25) is 0 Å². The van der Waals surface area contributed by atoms with Crippen molar-refractivity contribution in [3.8, 4) is 6.07 Å². The molecular formula is C24H25N5O. The molecule has 0 fully saturated rings. The highest BCUT2D eigenvalue weighted by molar-refractivity contribution is 6.05. The van der Waals surface area contributed by atoms with Gasteiger partial charge in [0.1, 0.15) is 5.82 Å². The van der Waals surface area contributed by atoms with Gasteiger partial charge in [-0.3, -0.25) is 4.79 Å². The minimum atomic E-state index is -0.204. The van der Waals surface area contributed by atoms with Crippen molar-refractivity contribution in [1.82, 2.24) is 4.98 Å². The van der Waals surface area contributed by atoms with Gasteiger partial charge in [0.15, 0.2) is 0 Å². The predicted molar refractivity (Wildman–Crippen MR) is 121 cm³/mol. The standard InChI is InChI=1S/C24H25N5O/c1-4-29(5-2)21-9-10-22(17(3)13-21)28-24(30)19-11-12-26-23(15-19)27-20-8-6-7-18(14-20)16-25/h6-15H,4-5H2,1-3H3,(H,26,27)(H,28,30). The van der Waals surface area contributed by atoms with Crippen LogP contribution >= 0.6 is 0 Å². The second-order valence-corrected chi connectivity index (χ2v) is 6.87. The SMILES string of the molecule is CCN(CC)c1ccc(NC(=O)c2ccnc(Nc3cccc(C#N)c3)c2)c(C)c1. The number of rotatable bonds is 7. The number of hydrogen-bond acceptors (Lipinski definition) is 5. The first-order chi connectivity index (χ1) is 14.5. The smallest absolute Gasteiger partial charge is 0.255 e. The van der Waals surface area contributed by atoms with E-state index in [1.165, 1.54) is 0 Å². The van der Waals surface area contributed by atoms with Gasteiger partial charge in [-0.25, -0.2) is 4.98 Å². The van der Waals surface area contributed by atoms with Gasteiger partial charge < -0.3 is 15.5 Å². The summed E-state index contributed by atoms with van der Waals surface area (Å²) >= 11 is 0. The molecule has 1 amide bonds. The average molecular weight is 399 g/mol. The molecule has 0 aliphatic rings. The van der Waals surface area contributed by atoms with Gasteiger partial charge in [-0.15, -0.1) is 0 Å². The van der Waals surface area contributed by atoms with Crippen molar-refractivity contribution in [1.29, 1.82) is 5.26 Å². The van der Waals surface area contributed by atoms with E-state index in [0.29, 0.717) is 16.9 Å². The zero-order valence-corrected chi connectivity index (χ0v) is 17.4. The first kappa shape index (κ1) is 20.9. The molecule has 0 bridgehead atoms. The van der Waals surface area contributed by atoms with E-state index in [0.717, 1.165) is 35.7 Å². The number of pyridine rings is 1. The summed E-state index contributed by atoms with van der Waals surface area (Å²) in [7, 11) is 0. The Labute approximate surface area is 177 Å². The molecule has 0 atom stereocenters. The normalized spacial score (nSPS) is 10.2. The van der Waals surface area contributed by atoms with Crippen molar-refractivity contribution in [2.75, 3.05) is 28.6 Å². The lowest BCUT2D eigenvalue weighted by atomic mass is 10.1. The van der Waals surface area contributed by atoms with E-state index < -0.39 is 0 Å². The molecule has 0 saturated heterocycles. The second kappa shape index (κ2) is 9.57. The Morgan fingerprint density at radius 3 is 2.60 bits per heavy atom. The van der Waals surface area contributed by atoms with E-state index in [2.05, 4.69) is 46.5 Å². The Hall–Kier alpha value is -3.85. The van der Waals surface area contributed by atoms with Gasteiger partial charge in [0.05, 0.1) is 11.6 Å². The van der Waals surface area contributed by atoms with Crippen LogP contribution in [0.15, 0.2) is 60.8 Å². The number of anilines is 4. The molecule has 0 radical (unpaired) electrons. The minimum absolute atomic E-state index is 0.204. The van der Waals surface area contributed by atoms with Crippen molar-refractivity contribution >= 4 is 28.8 Å². The second-order valence-electron chi connectivity index (χ2n) is 6.87. The lowest BCUT2D eigenvalue weighted by molar-refractivity contribution is 0.102. The number of carbonyl (C=O) groups excluding carboxylic acids is 1. The molecule has 1 heterocycles. The highest BCUT2D eigenvalue weighted by atomic mass is 16.1. The van der Waals surface area contributed by atoms with Gasteiger partial charge in [-0.2, -0.15) is 5.26 Å². The Balaban J connectivity index is 1.74. The third kappa shape index (κ3) is 4.95. The molecule has 0 aliphatic heterocycles. The fourth-order valence-electron chi connectivity index (χ4n) is 3.22. The molecule has 30 heavy (non-hydrogen) atoms. The van der Waals surface area contributed by atoms with Crippen LogP contribution in [0.4, 0.5) is 22.9 Å². The summed E-state index contributed by atoms with van der Waals surface area (Å²) in [6.45, 7) is 8.11. The van der Waals surface area contributed by atoms with Crippen LogP contribution in [0.25, 0.3) is 0 Å². The van der Waals surface area contributed by atoms with Crippen LogP contribution in [0.2, 0.25) is 0 Å². The lowest BCUT2D eigenvalue weighted by Crippen LogP contribution is -2.22. The molecule has 6 heteroatoms. The molecule has 3 rings (SSSR count). The third-order valence-electron chi connectivity index (χ3n) is 4.87. The summed E-state index contributed by atoms with van der Waals surface area (Å²) in [5.74, 6) is 0.330. The number of hydrogen-bond donors (Lipinski definition) is 2. The topological polar surface area (TPSA) is 81.1 Å². The van der Waals surface area contributed by atoms with Gasteiger partial charge in [-0.05, 0) is 74.9 Å². The van der Waals surface area contributed by atoms with E-state index >= 15 is 0 Å². The maximum atomic E-state index is 12.8. The highest BCUT2D eigenvalue weighted by Gasteiger charge is 2.11. The van der Waals surface area contributed by atoms with Gasteiger partial charge in [0.25, 0.3) is 5.91 Å². The monoisotopic (exact) mass is 399 g/mol. The number of benzene rings is 2. The van der Waals surface area contributed by atoms with E-state index in [-0.39, 0.29) is 5.91 Å². The quantitative estimate of drug-likeness (QED) is 0.577. The first-order valence-electron chi connectivity index (χ1n) is 9.94. The molecule has 0 saturated carbocycles. The van der Waals surface area contributed by atoms with E-state index in [9.17, 15) is 4.79 Å². The third-order valence-corrected chi connectivity index (χ3v) is 4.87. The average Bonchev–Trinajstić information content (AvgIpc) is 2.76. The zero-order valence-electron chi connectivity index (χ0n) is 17.4. The van der Waals surface area contributed by atoms with Crippen molar-refractivity contribution in [2.24, 2.45) is 0 Å². The molecule has 3 aromatic rings.